The molecule has 0 atom stereocenters. The molecule has 1 aromatic carbocycles. The molecule has 0 aliphatic rings. The van der Waals surface area contributed by atoms with Crippen LogP contribution in [0.3, 0.4) is 0 Å². The number of anilines is 1. The summed E-state index contributed by atoms with van der Waals surface area (Å²) in [5.41, 5.74) is 6.12. The van der Waals surface area contributed by atoms with E-state index in [-0.39, 0.29) is 5.60 Å². The van der Waals surface area contributed by atoms with Crippen molar-refractivity contribution in [1.82, 2.24) is 4.98 Å². The molecule has 0 radical (unpaired) electrons. The van der Waals surface area contributed by atoms with Gasteiger partial charge in [0.1, 0.15) is 16.4 Å². The van der Waals surface area contributed by atoms with E-state index in [1.54, 1.807) is 7.11 Å². The van der Waals surface area contributed by atoms with E-state index in [0.717, 1.165) is 15.7 Å². The molecule has 112 valence electrons. The number of methoxy groups -OCH3 is 1. The van der Waals surface area contributed by atoms with Gasteiger partial charge in [-0.3, -0.25) is 0 Å². The van der Waals surface area contributed by atoms with Crippen LogP contribution in [-0.4, -0.2) is 17.7 Å². The molecule has 4 nitrogen and oxygen atoms in total. The summed E-state index contributed by atoms with van der Waals surface area (Å²) in [7, 11) is 1.66. The van der Waals surface area contributed by atoms with Crippen LogP contribution in [0.15, 0.2) is 46.3 Å². The third-order valence-electron chi connectivity index (χ3n) is 2.55. The number of hydrogen-bond acceptors (Lipinski definition) is 5. The van der Waals surface area contributed by atoms with Crippen LogP contribution in [0.2, 0.25) is 0 Å². The molecule has 0 spiro atoms. The molecule has 0 bridgehead atoms. The molecule has 5 heteroatoms. The van der Waals surface area contributed by atoms with Gasteiger partial charge in [0.05, 0.1) is 17.7 Å². The lowest BCUT2D eigenvalue weighted by atomic mass is 10.2. The number of nitrogen functional groups attached to an aromatic ring is 1. The number of aromatic nitrogens is 1. The van der Waals surface area contributed by atoms with E-state index in [1.165, 1.54) is 11.8 Å². The molecule has 1 heterocycles. The quantitative estimate of drug-likeness (QED) is 0.925. The zero-order valence-corrected chi connectivity index (χ0v) is 13.5. The molecule has 0 saturated carbocycles. The van der Waals surface area contributed by atoms with Crippen LogP contribution in [0.1, 0.15) is 20.8 Å². The average molecular weight is 304 g/mol. The Morgan fingerprint density at radius 1 is 1.10 bits per heavy atom. The van der Waals surface area contributed by atoms with E-state index in [0.29, 0.717) is 11.6 Å². The zero-order chi connectivity index (χ0) is 15.5. The number of para-hydroxylation sites is 1. The minimum atomic E-state index is -0.338. The Labute approximate surface area is 129 Å². The number of ether oxygens (including phenoxy) is 2. The number of nitrogens with two attached hydrogens (primary N) is 1. The lowest BCUT2D eigenvalue weighted by molar-refractivity contribution is 0.124. The highest BCUT2D eigenvalue weighted by Gasteiger charge is 2.16. The van der Waals surface area contributed by atoms with Crippen molar-refractivity contribution in [3.63, 3.8) is 0 Å². The van der Waals surface area contributed by atoms with Crippen LogP contribution in [-0.2, 0) is 0 Å². The minimum Gasteiger partial charge on any atom is -0.496 e. The standard InChI is InChI=1S/C16H20N2O2S/c1-16(2,3)20-15-11(17)9-10-14(18-15)21-13-8-6-5-7-12(13)19-4/h5-10H,17H2,1-4H3. The van der Waals surface area contributed by atoms with Crippen molar-refractivity contribution < 1.29 is 9.47 Å². The molecule has 21 heavy (non-hydrogen) atoms. The molecule has 0 amide bonds. The summed E-state index contributed by atoms with van der Waals surface area (Å²) in [6, 6.07) is 11.5. The number of rotatable bonds is 4. The van der Waals surface area contributed by atoms with Gasteiger partial charge in [-0.1, -0.05) is 23.9 Å². The summed E-state index contributed by atoms with van der Waals surface area (Å²) >= 11 is 1.52. The fourth-order valence-corrected chi connectivity index (χ4v) is 2.57. The largest absolute Gasteiger partial charge is 0.496 e. The Morgan fingerprint density at radius 2 is 1.81 bits per heavy atom. The number of benzene rings is 1. The molecule has 2 rings (SSSR count). The third-order valence-corrected chi connectivity index (χ3v) is 3.54. The molecule has 1 aromatic heterocycles. The van der Waals surface area contributed by atoms with Crippen LogP contribution in [0, 0.1) is 0 Å². The van der Waals surface area contributed by atoms with Crippen molar-refractivity contribution in [3.8, 4) is 11.6 Å². The number of hydrogen-bond donors (Lipinski definition) is 1. The smallest absolute Gasteiger partial charge is 0.238 e. The van der Waals surface area contributed by atoms with Crippen LogP contribution in [0.5, 0.6) is 11.6 Å². The first-order valence-corrected chi connectivity index (χ1v) is 7.47. The van der Waals surface area contributed by atoms with E-state index in [9.17, 15) is 0 Å². The van der Waals surface area contributed by atoms with Gasteiger partial charge in [-0.2, -0.15) is 0 Å². The molecule has 0 fully saturated rings. The van der Waals surface area contributed by atoms with Crippen LogP contribution >= 0.6 is 11.8 Å². The topological polar surface area (TPSA) is 57.4 Å². The summed E-state index contributed by atoms with van der Waals surface area (Å²) in [6.45, 7) is 5.90. The fraction of sp³-hybridized carbons (Fsp3) is 0.312. The summed E-state index contributed by atoms with van der Waals surface area (Å²) in [4.78, 5) is 5.49. The van der Waals surface area contributed by atoms with Gasteiger partial charge in [0, 0.05) is 0 Å². The number of pyridine rings is 1. The maximum atomic E-state index is 5.92. The van der Waals surface area contributed by atoms with E-state index in [4.69, 9.17) is 15.2 Å². The molecule has 0 unspecified atom stereocenters. The summed E-state index contributed by atoms with van der Waals surface area (Å²) in [5, 5.41) is 0.813. The van der Waals surface area contributed by atoms with Crippen molar-refractivity contribution in [3.05, 3.63) is 36.4 Å². The first-order chi connectivity index (χ1) is 9.89. The van der Waals surface area contributed by atoms with E-state index in [2.05, 4.69) is 4.98 Å². The number of nitrogens with zero attached hydrogens (tertiary/aromatic N) is 1. The first-order valence-electron chi connectivity index (χ1n) is 6.65. The van der Waals surface area contributed by atoms with E-state index < -0.39 is 0 Å². The predicted octanol–water partition coefficient (Wildman–Crippen LogP) is 4.00. The summed E-state index contributed by atoms with van der Waals surface area (Å²) < 4.78 is 11.1. The van der Waals surface area contributed by atoms with Gasteiger partial charge < -0.3 is 15.2 Å². The van der Waals surface area contributed by atoms with Gasteiger partial charge in [-0.15, -0.1) is 0 Å². The van der Waals surface area contributed by atoms with Crippen molar-refractivity contribution >= 4 is 17.4 Å². The lowest BCUT2D eigenvalue weighted by Gasteiger charge is -2.21. The second-order valence-corrected chi connectivity index (χ2v) is 6.57. The summed E-state index contributed by atoms with van der Waals surface area (Å²) in [6.07, 6.45) is 0. The maximum absolute atomic E-state index is 5.92. The van der Waals surface area contributed by atoms with Gasteiger partial charge in [0.25, 0.3) is 0 Å². The first kappa shape index (κ1) is 15.5. The van der Waals surface area contributed by atoms with Crippen LogP contribution in [0.4, 0.5) is 5.69 Å². The highest BCUT2D eigenvalue weighted by molar-refractivity contribution is 7.99. The Balaban J connectivity index is 2.27. The molecule has 0 aliphatic carbocycles. The normalized spacial score (nSPS) is 11.2. The van der Waals surface area contributed by atoms with Gasteiger partial charge in [-0.05, 0) is 45.0 Å². The van der Waals surface area contributed by atoms with Gasteiger partial charge in [0.2, 0.25) is 5.88 Å². The SMILES string of the molecule is COc1ccccc1Sc1ccc(N)c(OC(C)(C)C)n1. The molecular weight excluding hydrogens is 284 g/mol. The van der Waals surface area contributed by atoms with Crippen molar-refractivity contribution in [1.29, 1.82) is 0 Å². The third kappa shape index (κ3) is 4.29. The minimum absolute atomic E-state index is 0.338. The zero-order valence-electron chi connectivity index (χ0n) is 12.7. The second kappa shape index (κ2) is 6.26. The highest BCUT2D eigenvalue weighted by Crippen LogP contribution is 2.35. The molecule has 0 aliphatic heterocycles. The maximum Gasteiger partial charge on any atom is 0.238 e. The summed E-state index contributed by atoms with van der Waals surface area (Å²) in [5.74, 6) is 1.28. The lowest BCUT2D eigenvalue weighted by Crippen LogP contribution is -2.24. The monoisotopic (exact) mass is 304 g/mol. The molecular formula is C16H20N2O2S. The Morgan fingerprint density at radius 3 is 2.48 bits per heavy atom. The van der Waals surface area contributed by atoms with E-state index in [1.807, 2.05) is 57.2 Å². The van der Waals surface area contributed by atoms with Gasteiger partial charge in [-0.25, -0.2) is 4.98 Å². The molecule has 0 saturated heterocycles. The Hall–Kier alpha value is -1.88. The van der Waals surface area contributed by atoms with Gasteiger partial charge >= 0.3 is 0 Å². The van der Waals surface area contributed by atoms with Crippen LogP contribution < -0.4 is 15.2 Å². The molecule has 2 aromatic rings. The van der Waals surface area contributed by atoms with Gasteiger partial charge in [0.15, 0.2) is 0 Å². The Kier molecular flexibility index (Phi) is 4.63. The average Bonchev–Trinajstić information content (AvgIpc) is 2.41. The fourth-order valence-electron chi connectivity index (χ4n) is 1.68. The van der Waals surface area contributed by atoms with Crippen molar-refractivity contribution in [2.75, 3.05) is 12.8 Å². The van der Waals surface area contributed by atoms with Crippen molar-refractivity contribution in [2.24, 2.45) is 0 Å². The van der Waals surface area contributed by atoms with Crippen LogP contribution in [0.25, 0.3) is 0 Å². The molecule has 2 N–H and O–H groups in total. The van der Waals surface area contributed by atoms with Crippen molar-refractivity contribution in [2.45, 2.75) is 36.3 Å². The predicted molar refractivity (Wildman–Crippen MR) is 86.1 cm³/mol. The Bertz CT molecular complexity index is 624. The van der Waals surface area contributed by atoms with E-state index >= 15 is 0 Å². The highest BCUT2D eigenvalue weighted by atomic mass is 32.2. The second-order valence-electron chi connectivity index (χ2n) is 5.51.